The molecule has 4 heteroatoms. The molecule has 0 aliphatic carbocycles. The van der Waals surface area contributed by atoms with Gasteiger partial charge in [-0.15, -0.1) is 0 Å². The Kier molecular flexibility index (Phi) is 8.09. The van der Waals surface area contributed by atoms with Crippen LogP contribution in [0.4, 0.5) is 0 Å². The molecule has 3 nitrogen and oxygen atoms in total. The summed E-state index contributed by atoms with van der Waals surface area (Å²) < 4.78 is 11.3. The first-order chi connectivity index (χ1) is 9.92. The number of nitrogens with one attached hydrogen (secondary N) is 1. The Morgan fingerprint density at radius 2 is 1.90 bits per heavy atom. The largest absolute Gasteiger partial charge is 0.491 e. The second kappa shape index (κ2) is 9.29. The Morgan fingerprint density at radius 1 is 1.14 bits per heavy atom. The summed E-state index contributed by atoms with van der Waals surface area (Å²) in [5.41, 5.74) is 1.13. The van der Waals surface area contributed by atoms with E-state index in [-0.39, 0.29) is 5.54 Å². The number of benzene rings is 1. The summed E-state index contributed by atoms with van der Waals surface area (Å²) in [4.78, 5) is 0. The molecule has 1 aromatic rings. The van der Waals surface area contributed by atoms with Crippen LogP contribution in [-0.2, 0) is 11.3 Å². The van der Waals surface area contributed by atoms with Gasteiger partial charge >= 0.3 is 0 Å². The second-order valence-corrected chi connectivity index (χ2v) is 6.61. The highest BCUT2D eigenvalue weighted by molar-refractivity contribution is 6.30. The maximum absolute atomic E-state index is 6.08. The molecule has 1 aromatic carbocycles. The van der Waals surface area contributed by atoms with Crippen LogP contribution in [0.15, 0.2) is 18.2 Å². The molecule has 0 aliphatic heterocycles. The number of unbranched alkanes of at least 4 members (excludes halogenated alkanes) is 1. The van der Waals surface area contributed by atoms with Gasteiger partial charge in [0.25, 0.3) is 0 Å². The molecule has 0 aliphatic rings. The predicted octanol–water partition coefficient (Wildman–Crippen LogP) is 4.42. The van der Waals surface area contributed by atoms with Crippen LogP contribution < -0.4 is 10.1 Å². The summed E-state index contributed by atoms with van der Waals surface area (Å²) in [5.74, 6) is 0.871. The van der Waals surface area contributed by atoms with Crippen LogP contribution in [0, 0.1) is 0 Å². The lowest BCUT2D eigenvalue weighted by Gasteiger charge is -2.22. The van der Waals surface area contributed by atoms with Crippen LogP contribution in [0.5, 0.6) is 5.75 Å². The van der Waals surface area contributed by atoms with E-state index in [2.05, 4.69) is 33.0 Å². The van der Waals surface area contributed by atoms with Crippen molar-refractivity contribution in [1.82, 2.24) is 5.32 Å². The fourth-order valence-corrected chi connectivity index (χ4v) is 1.94. The topological polar surface area (TPSA) is 30.5 Å². The van der Waals surface area contributed by atoms with Gasteiger partial charge in [0.2, 0.25) is 0 Å². The second-order valence-electron chi connectivity index (χ2n) is 6.17. The molecule has 0 radical (unpaired) electrons. The number of hydrogen-bond acceptors (Lipinski definition) is 3. The van der Waals surface area contributed by atoms with Gasteiger partial charge in [0, 0.05) is 29.3 Å². The summed E-state index contributed by atoms with van der Waals surface area (Å²) in [6, 6.07) is 5.73. The van der Waals surface area contributed by atoms with Crippen molar-refractivity contribution in [2.24, 2.45) is 0 Å². The minimum atomic E-state index is 0.0584. The lowest BCUT2D eigenvalue weighted by atomic mass is 10.1. The molecule has 0 saturated heterocycles. The highest BCUT2D eigenvalue weighted by Crippen LogP contribution is 2.23. The first-order valence-electron chi connectivity index (χ1n) is 7.66. The summed E-state index contributed by atoms with van der Waals surface area (Å²) in [7, 11) is 0. The van der Waals surface area contributed by atoms with Crippen LogP contribution in [-0.4, -0.2) is 25.4 Å². The minimum Gasteiger partial charge on any atom is -0.491 e. The van der Waals surface area contributed by atoms with Crippen molar-refractivity contribution < 1.29 is 9.47 Å². The van der Waals surface area contributed by atoms with Gasteiger partial charge in [0.1, 0.15) is 12.4 Å². The van der Waals surface area contributed by atoms with E-state index in [0.717, 1.165) is 42.3 Å². The van der Waals surface area contributed by atoms with Gasteiger partial charge in [-0.1, -0.05) is 24.9 Å². The van der Waals surface area contributed by atoms with Gasteiger partial charge in [-0.05, 0) is 45.4 Å². The summed E-state index contributed by atoms with van der Waals surface area (Å²) >= 11 is 6.08. The van der Waals surface area contributed by atoms with Gasteiger partial charge < -0.3 is 14.8 Å². The van der Waals surface area contributed by atoms with Crippen molar-refractivity contribution in [1.29, 1.82) is 0 Å². The smallest absolute Gasteiger partial charge is 0.124 e. The third-order valence-electron chi connectivity index (χ3n) is 2.96. The lowest BCUT2D eigenvalue weighted by molar-refractivity contribution is 0.0976. The fraction of sp³-hybridized carbons (Fsp3) is 0.647. The van der Waals surface area contributed by atoms with E-state index in [0.29, 0.717) is 13.2 Å². The molecular weight excluding hydrogens is 286 g/mol. The number of ether oxygens (including phenoxy) is 2. The van der Waals surface area contributed by atoms with Crippen LogP contribution in [0.2, 0.25) is 5.02 Å². The molecular formula is C17H28ClNO2. The highest BCUT2D eigenvalue weighted by atomic mass is 35.5. The molecule has 0 saturated carbocycles. The fourth-order valence-electron chi connectivity index (χ4n) is 1.75. The quantitative estimate of drug-likeness (QED) is 0.684. The van der Waals surface area contributed by atoms with Crippen molar-refractivity contribution in [2.45, 2.75) is 52.6 Å². The summed E-state index contributed by atoms with van der Waals surface area (Å²) in [6.07, 6.45) is 2.25. The van der Waals surface area contributed by atoms with E-state index < -0.39 is 0 Å². The Bertz CT molecular complexity index is 416. The Labute approximate surface area is 134 Å². The third-order valence-corrected chi connectivity index (χ3v) is 3.19. The summed E-state index contributed by atoms with van der Waals surface area (Å²) in [5, 5.41) is 4.18. The van der Waals surface area contributed by atoms with E-state index in [9.17, 15) is 0 Å². The molecule has 0 atom stereocenters. The molecule has 0 aromatic heterocycles. The molecule has 0 heterocycles. The number of halogens is 1. The maximum atomic E-state index is 6.08. The average Bonchev–Trinajstić information content (AvgIpc) is 2.41. The van der Waals surface area contributed by atoms with Crippen molar-refractivity contribution in [3.63, 3.8) is 0 Å². The zero-order valence-corrected chi connectivity index (χ0v) is 14.4. The molecule has 120 valence electrons. The van der Waals surface area contributed by atoms with Gasteiger partial charge in [-0.2, -0.15) is 0 Å². The van der Waals surface area contributed by atoms with Gasteiger partial charge in [-0.3, -0.25) is 0 Å². The number of rotatable bonds is 9. The number of hydrogen-bond donors (Lipinski definition) is 1. The summed E-state index contributed by atoms with van der Waals surface area (Å²) in [6.45, 7) is 11.3. The van der Waals surface area contributed by atoms with Gasteiger partial charge in [0.05, 0.1) is 6.61 Å². The van der Waals surface area contributed by atoms with E-state index in [1.54, 1.807) is 0 Å². The van der Waals surface area contributed by atoms with Crippen molar-refractivity contribution in [2.75, 3.05) is 19.8 Å². The maximum Gasteiger partial charge on any atom is 0.124 e. The average molecular weight is 314 g/mol. The van der Waals surface area contributed by atoms with Crippen LogP contribution in [0.25, 0.3) is 0 Å². The zero-order chi connectivity index (χ0) is 15.7. The molecule has 0 spiro atoms. The molecule has 0 bridgehead atoms. The standard InChI is InChI=1S/C17H28ClNO2/c1-5-6-9-20-10-11-21-16-8-7-15(18)12-14(16)13-19-17(2,3)4/h7-8,12,19H,5-6,9-11,13H2,1-4H3. The van der Waals surface area contributed by atoms with Gasteiger partial charge in [0.15, 0.2) is 0 Å². The van der Waals surface area contributed by atoms with Crippen LogP contribution in [0.1, 0.15) is 46.1 Å². The van der Waals surface area contributed by atoms with E-state index in [4.69, 9.17) is 21.1 Å². The van der Waals surface area contributed by atoms with Crippen LogP contribution in [0.3, 0.4) is 0 Å². The molecule has 21 heavy (non-hydrogen) atoms. The molecule has 0 fully saturated rings. The Balaban J connectivity index is 2.48. The Hall–Kier alpha value is -0.770. The first-order valence-corrected chi connectivity index (χ1v) is 8.04. The van der Waals surface area contributed by atoms with Crippen molar-refractivity contribution >= 4 is 11.6 Å². The normalized spacial score (nSPS) is 11.7. The monoisotopic (exact) mass is 313 g/mol. The van der Waals surface area contributed by atoms with Gasteiger partial charge in [-0.25, -0.2) is 0 Å². The lowest BCUT2D eigenvalue weighted by Crippen LogP contribution is -2.35. The molecule has 0 unspecified atom stereocenters. The minimum absolute atomic E-state index is 0.0584. The highest BCUT2D eigenvalue weighted by Gasteiger charge is 2.11. The van der Waals surface area contributed by atoms with E-state index in [1.807, 2.05) is 18.2 Å². The first kappa shape index (κ1) is 18.3. The Morgan fingerprint density at radius 3 is 2.57 bits per heavy atom. The molecule has 1 rings (SSSR count). The van der Waals surface area contributed by atoms with E-state index in [1.165, 1.54) is 0 Å². The predicted molar refractivity (Wildman–Crippen MR) is 89.3 cm³/mol. The van der Waals surface area contributed by atoms with Crippen LogP contribution >= 0.6 is 11.6 Å². The van der Waals surface area contributed by atoms with E-state index >= 15 is 0 Å². The zero-order valence-electron chi connectivity index (χ0n) is 13.7. The molecule has 0 amide bonds. The SMILES string of the molecule is CCCCOCCOc1ccc(Cl)cc1CNC(C)(C)C. The van der Waals surface area contributed by atoms with Crippen molar-refractivity contribution in [3.8, 4) is 5.75 Å². The third kappa shape index (κ3) is 8.30. The van der Waals surface area contributed by atoms with Crippen molar-refractivity contribution in [3.05, 3.63) is 28.8 Å². The molecule has 1 N–H and O–H groups in total.